The molecular formula is C17H14Cl2F2N4O6S. The maximum Gasteiger partial charge on any atom is 0.343 e. The number of aromatic hydroxyl groups is 1. The van der Waals surface area contributed by atoms with Gasteiger partial charge in [0.05, 0.1) is 27.7 Å². The Kier molecular flexibility index (Phi) is 6.74. The second kappa shape index (κ2) is 9.02. The van der Waals surface area contributed by atoms with E-state index in [1.807, 2.05) is 0 Å². The van der Waals surface area contributed by atoms with Crippen LogP contribution in [0.2, 0.25) is 10.0 Å². The largest absolute Gasteiger partial charge is 0.506 e. The molecule has 1 unspecified atom stereocenters. The zero-order chi connectivity index (χ0) is 23.8. The summed E-state index contributed by atoms with van der Waals surface area (Å²) in [6, 6.07) is 0.487. The molecule has 0 radical (unpaired) electrons. The first-order valence-electron chi connectivity index (χ1n) is 8.57. The van der Waals surface area contributed by atoms with Gasteiger partial charge in [-0.3, -0.25) is 10.1 Å². The number of carbonyl (C=O) groups is 2. The van der Waals surface area contributed by atoms with Crippen molar-refractivity contribution in [1.29, 1.82) is 0 Å². The Bertz CT molecular complexity index is 1170. The van der Waals surface area contributed by atoms with E-state index in [2.05, 4.69) is 10.4 Å². The van der Waals surface area contributed by atoms with Crippen LogP contribution in [-0.4, -0.2) is 49.2 Å². The minimum Gasteiger partial charge on any atom is -0.506 e. The quantitative estimate of drug-likeness (QED) is 0.539. The van der Waals surface area contributed by atoms with Crippen LogP contribution in [0.15, 0.2) is 24.4 Å². The van der Waals surface area contributed by atoms with Gasteiger partial charge in [0.2, 0.25) is 5.88 Å². The molecule has 1 aromatic carbocycles. The summed E-state index contributed by atoms with van der Waals surface area (Å²) >= 11 is 12.3. The van der Waals surface area contributed by atoms with Gasteiger partial charge in [-0.1, -0.05) is 23.2 Å². The Balaban J connectivity index is 1.89. The maximum atomic E-state index is 13.0. The van der Waals surface area contributed by atoms with Crippen LogP contribution < -0.4 is 20.5 Å². The van der Waals surface area contributed by atoms with Crippen LogP contribution in [0.3, 0.4) is 0 Å². The average Bonchev–Trinajstić information content (AvgIpc) is 2.65. The van der Waals surface area contributed by atoms with Crippen molar-refractivity contribution < 1.29 is 36.6 Å². The number of imide groups is 1. The molecule has 3 N–H and O–H groups in total. The van der Waals surface area contributed by atoms with Crippen molar-refractivity contribution in [3.63, 3.8) is 0 Å². The second-order valence-corrected chi connectivity index (χ2v) is 9.59. The van der Waals surface area contributed by atoms with Crippen LogP contribution in [0.1, 0.15) is 5.56 Å². The van der Waals surface area contributed by atoms with E-state index in [4.69, 9.17) is 27.9 Å². The lowest BCUT2D eigenvalue weighted by Gasteiger charge is -2.32. The first-order chi connectivity index (χ1) is 14.9. The highest BCUT2D eigenvalue weighted by atomic mass is 35.5. The minimum absolute atomic E-state index is 0.0262. The van der Waals surface area contributed by atoms with Crippen molar-refractivity contribution in [2.24, 2.45) is 0 Å². The van der Waals surface area contributed by atoms with Gasteiger partial charge in [0.25, 0.3) is 12.3 Å². The fourth-order valence-corrected chi connectivity index (χ4v) is 4.01. The molecule has 0 bridgehead atoms. The molecule has 15 heteroatoms. The lowest BCUT2D eigenvalue weighted by Crippen LogP contribution is -2.66. The number of hydrogen-bond donors (Lipinski definition) is 3. The first kappa shape index (κ1) is 23.9. The van der Waals surface area contributed by atoms with E-state index in [-0.39, 0.29) is 38.7 Å². The number of ether oxygens (including phenoxy) is 1. The molecule has 0 saturated carbocycles. The van der Waals surface area contributed by atoms with Crippen molar-refractivity contribution >= 4 is 50.7 Å². The monoisotopic (exact) mass is 510 g/mol. The molecule has 1 fully saturated rings. The Morgan fingerprint density at radius 1 is 1.25 bits per heavy atom. The first-order valence-corrected chi connectivity index (χ1v) is 11.4. The van der Waals surface area contributed by atoms with Crippen molar-refractivity contribution in [1.82, 2.24) is 15.7 Å². The normalized spacial score (nSPS) is 16.9. The Morgan fingerprint density at radius 2 is 1.88 bits per heavy atom. The van der Waals surface area contributed by atoms with E-state index < -0.39 is 40.0 Å². The third-order valence-electron chi connectivity index (χ3n) is 4.04. The number of rotatable bonds is 6. The fraction of sp³-hybridized carbons (Fsp3) is 0.235. The average molecular weight is 511 g/mol. The van der Waals surface area contributed by atoms with Crippen LogP contribution in [0.25, 0.3) is 0 Å². The highest BCUT2D eigenvalue weighted by molar-refractivity contribution is 7.89. The number of urea groups is 1. The van der Waals surface area contributed by atoms with E-state index in [0.717, 1.165) is 24.6 Å². The van der Waals surface area contributed by atoms with Gasteiger partial charge in [-0.25, -0.2) is 37.4 Å². The van der Waals surface area contributed by atoms with Crippen LogP contribution >= 0.6 is 23.2 Å². The summed E-state index contributed by atoms with van der Waals surface area (Å²) in [6.45, 7) is 0. The third-order valence-corrected chi connectivity index (χ3v) is 5.44. The highest BCUT2D eigenvalue weighted by Crippen LogP contribution is 2.40. The summed E-state index contributed by atoms with van der Waals surface area (Å²) in [7, 11) is -3.47. The molecular weight excluding hydrogens is 497 g/mol. The zero-order valence-corrected chi connectivity index (χ0v) is 18.3. The number of anilines is 1. The standard InChI is InChI=1S/C17H14Cl2F2N4O6S/c1-32(29,30)6-7-2-12(22-5-11(7)26)31-14-9(18)3-8(4-10(14)19)25-17(28)23-16(27)13(24-25)15(20)21/h2-5,13,15,24,26H,6H2,1H3,(H,23,27,28). The topological polar surface area (TPSA) is 138 Å². The van der Waals surface area contributed by atoms with Gasteiger partial charge >= 0.3 is 6.03 Å². The van der Waals surface area contributed by atoms with E-state index in [1.54, 1.807) is 5.32 Å². The van der Waals surface area contributed by atoms with Crippen LogP contribution in [-0.2, 0) is 20.4 Å². The van der Waals surface area contributed by atoms with Crippen LogP contribution in [0.5, 0.6) is 17.4 Å². The number of carbonyl (C=O) groups excluding carboxylic acids is 2. The summed E-state index contributed by atoms with van der Waals surface area (Å²) < 4.78 is 54.6. The van der Waals surface area contributed by atoms with Gasteiger partial charge in [-0.05, 0) is 12.1 Å². The Morgan fingerprint density at radius 3 is 2.44 bits per heavy atom. The fourth-order valence-electron chi connectivity index (χ4n) is 2.66. The van der Waals surface area contributed by atoms with Gasteiger partial charge in [-0.15, -0.1) is 0 Å². The number of nitrogens with one attached hydrogen (secondary N) is 2. The summed E-state index contributed by atoms with van der Waals surface area (Å²) in [5.74, 6) is -2.31. The third kappa shape index (κ3) is 5.35. The number of benzene rings is 1. The van der Waals surface area contributed by atoms with Crippen molar-refractivity contribution in [2.75, 3.05) is 11.3 Å². The molecule has 1 aliphatic rings. The summed E-state index contributed by atoms with van der Waals surface area (Å²) in [6.07, 6.45) is -1.13. The zero-order valence-electron chi connectivity index (χ0n) is 16.0. The molecule has 0 aliphatic carbocycles. The molecule has 1 aromatic heterocycles. The van der Waals surface area contributed by atoms with E-state index in [9.17, 15) is 31.9 Å². The molecule has 1 atom stereocenters. The van der Waals surface area contributed by atoms with Gasteiger partial charge in [0.1, 0.15) is 5.75 Å². The Labute approximate surface area is 190 Å². The molecule has 2 aromatic rings. The van der Waals surface area contributed by atoms with Gasteiger partial charge in [-0.2, -0.15) is 0 Å². The number of hydrazine groups is 1. The molecule has 2 heterocycles. The maximum absolute atomic E-state index is 13.0. The number of aromatic nitrogens is 1. The predicted octanol–water partition coefficient (Wildman–Crippen LogP) is 2.63. The molecule has 1 saturated heterocycles. The van der Waals surface area contributed by atoms with E-state index in [1.165, 1.54) is 6.07 Å². The number of alkyl halides is 2. The number of sulfone groups is 1. The van der Waals surface area contributed by atoms with E-state index >= 15 is 0 Å². The number of halogens is 4. The predicted molar refractivity (Wildman–Crippen MR) is 110 cm³/mol. The molecule has 3 rings (SSSR count). The van der Waals surface area contributed by atoms with Crippen molar-refractivity contribution in [2.45, 2.75) is 18.2 Å². The summed E-state index contributed by atoms with van der Waals surface area (Å²) in [5, 5.41) is 11.9. The van der Waals surface area contributed by atoms with Crippen LogP contribution in [0.4, 0.5) is 19.3 Å². The SMILES string of the molecule is CS(=O)(=O)Cc1cc(Oc2c(Cl)cc(N3NC(C(F)F)C(=O)NC3=O)cc2Cl)ncc1O. The second-order valence-electron chi connectivity index (χ2n) is 6.63. The lowest BCUT2D eigenvalue weighted by atomic mass is 10.2. The molecule has 10 nitrogen and oxygen atoms in total. The molecule has 1 aliphatic heterocycles. The summed E-state index contributed by atoms with van der Waals surface area (Å²) in [5.41, 5.74) is 2.05. The van der Waals surface area contributed by atoms with Crippen molar-refractivity contribution in [3.05, 3.63) is 40.0 Å². The minimum atomic E-state index is -3.47. The van der Waals surface area contributed by atoms with Crippen LogP contribution in [0, 0.1) is 0 Å². The molecule has 32 heavy (non-hydrogen) atoms. The number of pyridine rings is 1. The molecule has 0 spiro atoms. The Hall–Kier alpha value is -2.74. The van der Waals surface area contributed by atoms with Gasteiger partial charge < -0.3 is 9.84 Å². The number of nitrogens with zero attached hydrogens (tertiary/aromatic N) is 2. The van der Waals surface area contributed by atoms with Gasteiger partial charge in [0.15, 0.2) is 21.6 Å². The summed E-state index contributed by atoms with van der Waals surface area (Å²) in [4.78, 5) is 27.4. The van der Waals surface area contributed by atoms with Gasteiger partial charge in [0, 0.05) is 17.9 Å². The molecule has 3 amide bonds. The number of hydrogen-bond acceptors (Lipinski definition) is 8. The lowest BCUT2D eigenvalue weighted by molar-refractivity contribution is -0.126. The smallest absolute Gasteiger partial charge is 0.343 e. The molecule has 172 valence electrons. The highest BCUT2D eigenvalue weighted by Gasteiger charge is 2.38. The van der Waals surface area contributed by atoms with E-state index in [0.29, 0.717) is 5.01 Å². The van der Waals surface area contributed by atoms with Crippen molar-refractivity contribution in [3.8, 4) is 17.4 Å². The number of amides is 3.